The Hall–Kier alpha value is -3.53. The first-order chi connectivity index (χ1) is 23.5. The smallest absolute Gasteiger partial charge is 0.313 e. The van der Waals surface area contributed by atoms with Crippen LogP contribution in [0.25, 0.3) is 10.9 Å². The van der Waals surface area contributed by atoms with E-state index < -0.39 is 25.4 Å². The Morgan fingerprint density at radius 3 is 2.58 bits per heavy atom. The van der Waals surface area contributed by atoms with Gasteiger partial charge in [0.25, 0.3) is 0 Å². The minimum atomic E-state index is -2.15. The Balaban J connectivity index is 1.35. The zero-order chi connectivity index (χ0) is 36.2. The molecular weight excluding hydrogens is 649 g/mol. The molecule has 1 spiro atoms. The fourth-order valence-corrected chi connectivity index (χ4v) is 8.94. The zero-order valence-corrected chi connectivity index (χ0v) is 32.1. The molecule has 1 saturated carbocycles. The number of pyridine rings is 1. The number of hydrogen-bond acceptors (Lipinski definition) is 8. The van der Waals surface area contributed by atoms with Crippen molar-refractivity contribution in [3.05, 3.63) is 41.6 Å². The fraction of sp³-hybridized carbons (Fsp3) is 0.625. The van der Waals surface area contributed by atoms with Crippen LogP contribution in [0.1, 0.15) is 108 Å². The second-order valence-electron chi connectivity index (χ2n) is 16.8. The van der Waals surface area contributed by atoms with Crippen molar-refractivity contribution < 1.29 is 33.1 Å². The second kappa shape index (κ2) is 13.2. The third-order valence-corrected chi connectivity index (χ3v) is 16.4. The van der Waals surface area contributed by atoms with Crippen molar-refractivity contribution in [3.8, 4) is 11.5 Å². The van der Waals surface area contributed by atoms with Crippen molar-refractivity contribution in [2.45, 2.75) is 129 Å². The number of ether oxygens (including phenoxy) is 2. The normalized spacial score (nSPS) is 29.7. The number of allylic oxidation sites excluding steroid dienone is 2. The minimum absolute atomic E-state index is 0.00194. The Labute approximate surface area is 297 Å². The highest BCUT2D eigenvalue weighted by Gasteiger charge is 2.63. The molecule has 4 aliphatic rings. The lowest BCUT2D eigenvalue weighted by molar-refractivity contribution is -0.152. The molecule has 1 saturated heterocycles. The SMILES string of the molecule is CCOC(=O)[C@]12CC(=O)[C@@H]3CC4(CC(=O)c5c(c(C)nc6ccc(O[Si](C)(C)C(C)(C)C)cc56)O4)CN3C(=O)[C@@H](C)CCCCC/C=C\[C@@H]1C2. The van der Waals surface area contributed by atoms with E-state index >= 15 is 0 Å². The maximum Gasteiger partial charge on any atom is 0.313 e. The molecule has 2 fully saturated rings. The maximum absolute atomic E-state index is 14.4. The van der Waals surface area contributed by atoms with E-state index in [2.05, 4.69) is 46.0 Å². The number of carbonyl (C=O) groups is 4. The van der Waals surface area contributed by atoms with Crippen LogP contribution in [0, 0.1) is 24.2 Å². The summed E-state index contributed by atoms with van der Waals surface area (Å²) in [7, 11) is -2.15. The molecule has 0 bridgehead atoms. The summed E-state index contributed by atoms with van der Waals surface area (Å²) in [5.41, 5.74) is -0.252. The van der Waals surface area contributed by atoms with Crippen molar-refractivity contribution >= 4 is 42.7 Å². The van der Waals surface area contributed by atoms with Crippen molar-refractivity contribution in [1.29, 1.82) is 0 Å². The highest BCUT2D eigenvalue weighted by atomic mass is 28.4. The summed E-state index contributed by atoms with van der Waals surface area (Å²) >= 11 is 0. The maximum atomic E-state index is 14.4. The predicted octanol–water partition coefficient (Wildman–Crippen LogP) is 7.92. The van der Waals surface area contributed by atoms with Crippen LogP contribution in [0.3, 0.4) is 0 Å². The Morgan fingerprint density at radius 2 is 1.86 bits per heavy atom. The summed E-state index contributed by atoms with van der Waals surface area (Å²) in [6, 6.07) is 4.91. The van der Waals surface area contributed by atoms with Crippen LogP contribution in [-0.4, -0.2) is 66.4 Å². The largest absolute Gasteiger partial charge is 0.543 e. The molecule has 6 rings (SSSR count). The van der Waals surface area contributed by atoms with E-state index in [1.54, 1.807) is 11.8 Å². The molecule has 1 aliphatic carbocycles. The van der Waals surface area contributed by atoms with E-state index in [0.29, 0.717) is 40.1 Å². The Kier molecular flexibility index (Phi) is 9.59. The van der Waals surface area contributed by atoms with Gasteiger partial charge in [-0.15, -0.1) is 0 Å². The van der Waals surface area contributed by atoms with E-state index in [9.17, 15) is 19.2 Å². The summed E-state index contributed by atoms with van der Waals surface area (Å²) in [6.45, 7) is 16.8. The Bertz CT molecular complexity index is 1740. The molecule has 3 aliphatic heterocycles. The molecule has 50 heavy (non-hydrogen) atoms. The van der Waals surface area contributed by atoms with Gasteiger partial charge in [-0.1, -0.05) is 52.7 Å². The number of esters is 1. The van der Waals surface area contributed by atoms with Crippen LogP contribution in [0.15, 0.2) is 30.4 Å². The number of amides is 1. The van der Waals surface area contributed by atoms with Crippen LogP contribution in [0.4, 0.5) is 0 Å². The fourth-order valence-electron chi connectivity index (χ4n) is 7.92. The molecule has 4 heterocycles. The number of rotatable bonds is 4. The van der Waals surface area contributed by atoms with Crippen molar-refractivity contribution in [3.63, 3.8) is 0 Å². The van der Waals surface area contributed by atoms with E-state index in [4.69, 9.17) is 18.9 Å². The standard InChI is InChI=1S/C40H54N2O7Si/c1-9-47-37(46)40-20-27(40)16-14-12-10-11-13-15-25(2)36(45)42-24-39(21-31(42)32(43)23-40)22-33(44)34-29-19-28(49-50(7,8)38(4,5)6)17-18-30(29)41-26(3)35(34)48-39/h14,16-19,25,27,31H,9-13,15,20-24H2,1-8H3/b16-14-/t25-,27+,31-,39?,40+/m0/s1. The molecule has 0 radical (unpaired) electrons. The molecule has 10 heteroatoms. The van der Waals surface area contributed by atoms with Gasteiger partial charge in [-0.05, 0) is 81.8 Å². The first kappa shape index (κ1) is 36.3. The number of carbonyl (C=O) groups excluding carboxylic acids is 4. The Morgan fingerprint density at radius 1 is 1.10 bits per heavy atom. The predicted molar refractivity (Wildman–Crippen MR) is 195 cm³/mol. The zero-order valence-electron chi connectivity index (χ0n) is 31.1. The summed E-state index contributed by atoms with van der Waals surface area (Å²) in [4.78, 5) is 62.6. The number of hydrogen-bond donors (Lipinski definition) is 0. The van der Waals surface area contributed by atoms with Crippen LogP contribution in [0.5, 0.6) is 11.5 Å². The first-order valence-corrected chi connectivity index (χ1v) is 21.4. The highest BCUT2D eigenvalue weighted by molar-refractivity contribution is 6.74. The summed E-state index contributed by atoms with van der Waals surface area (Å²) in [5.74, 6) is 0.0207. The van der Waals surface area contributed by atoms with E-state index in [1.165, 1.54) is 0 Å². The van der Waals surface area contributed by atoms with E-state index in [-0.39, 0.29) is 72.7 Å². The van der Waals surface area contributed by atoms with Gasteiger partial charge in [0.15, 0.2) is 17.3 Å². The van der Waals surface area contributed by atoms with Gasteiger partial charge in [-0.25, -0.2) is 4.98 Å². The van der Waals surface area contributed by atoms with Crippen LogP contribution < -0.4 is 9.16 Å². The number of Topliss-reactive ketones (excluding diaryl/α,β-unsaturated/α-hetero) is 2. The van der Waals surface area contributed by atoms with Gasteiger partial charge in [0.05, 0.1) is 47.8 Å². The molecule has 1 aromatic carbocycles. The molecule has 1 amide bonds. The van der Waals surface area contributed by atoms with Gasteiger partial charge in [-0.2, -0.15) is 0 Å². The third kappa shape index (κ3) is 6.64. The van der Waals surface area contributed by atoms with Gasteiger partial charge >= 0.3 is 5.97 Å². The average Bonchev–Trinajstić information content (AvgIpc) is 3.61. The molecule has 9 nitrogen and oxygen atoms in total. The molecule has 5 atom stereocenters. The monoisotopic (exact) mass is 702 g/mol. The second-order valence-corrected chi connectivity index (χ2v) is 21.5. The van der Waals surface area contributed by atoms with E-state index in [1.807, 2.05) is 32.0 Å². The molecule has 1 unspecified atom stereocenters. The van der Waals surface area contributed by atoms with Crippen molar-refractivity contribution in [1.82, 2.24) is 9.88 Å². The number of nitrogens with zero attached hydrogens (tertiary/aromatic N) is 2. The number of aryl methyl sites for hydroxylation is 1. The molecular formula is C40H54N2O7Si. The lowest BCUT2D eigenvalue weighted by atomic mass is 9.84. The molecule has 0 N–H and O–H groups in total. The number of benzene rings is 1. The van der Waals surface area contributed by atoms with Crippen LogP contribution >= 0.6 is 0 Å². The lowest BCUT2D eigenvalue weighted by Gasteiger charge is -2.37. The van der Waals surface area contributed by atoms with Gasteiger partial charge < -0.3 is 18.8 Å². The third-order valence-electron chi connectivity index (χ3n) is 12.0. The topological polar surface area (TPSA) is 112 Å². The van der Waals surface area contributed by atoms with Gasteiger partial charge in [0.2, 0.25) is 14.2 Å². The molecule has 1 aromatic heterocycles. The minimum Gasteiger partial charge on any atom is -0.543 e. The summed E-state index contributed by atoms with van der Waals surface area (Å²) < 4.78 is 18.9. The summed E-state index contributed by atoms with van der Waals surface area (Å²) in [5, 5.41) is 0.678. The van der Waals surface area contributed by atoms with Crippen LogP contribution in [-0.2, 0) is 19.1 Å². The van der Waals surface area contributed by atoms with Crippen molar-refractivity contribution in [2.24, 2.45) is 17.3 Å². The summed E-state index contributed by atoms with van der Waals surface area (Å²) in [6.07, 6.45) is 9.51. The van der Waals surface area contributed by atoms with E-state index in [0.717, 1.165) is 32.1 Å². The van der Waals surface area contributed by atoms with Gasteiger partial charge in [0.1, 0.15) is 11.4 Å². The number of fused-ring (bicyclic) bond motifs is 5. The average molecular weight is 703 g/mol. The van der Waals surface area contributed by atoms with Crippen molar-refractivity contribution in [2.75, 3.05) is 13.2 Å². The lowest BCUT2D eigenvalue weighted by Crippen LogP contribution is -2.47. The van der Waals surface area contributed by atoms with Crippen LogP contribution in [0.2, 0.25) is 18.1 Å². The van der Waals surface area contributed by atoms with Gasteiger partial charge in [0, 0.05) is 24.1 Å². The van der Waals surface area contributed by atoms with Gasteiger partial charge in [-0.3, -0.25) is 19.2 Å². The molecule has 2 aromatic rings. The first-order valence-electron chi connectivity index (χ1n) is 18.5. The quantitative estimate of drug-likeness (QED) is 0.180. The molecule has 270 valence electrons. The number of ketones is 2. The highest BCUT2D eigenvalue weighted by Crippen LogP contribution is 2.58. The number of aromatic nitrogens is 1.